The van der Waals surface area contributed by atoms with Crippen LogP contribution in [0.15, 0.2) is 176 Å². The molecule has 0 bridgehead atoms. The summed E-state index contributed by atoms with van der Waals surface area (Å²) in [6.45, 7) is 0. The van der Waals surface area contributed by atoms with Gasteiger partial charge in [-0.25, -0.2) is 0 Å². The molecule has 0 unspecified atom stereocenters. The van der Waals surface area contributed by atoms with Crippen molar-refractivity contribution >= 4 is 15.9 Å². The Labute approximate surface area is 268 Å². The second-order valence-electron chi connectivity index (χ2n) is 11.1. The van der Waals surface area contributed by atoms with E-state index in [0.717, 1.165) is 5.33 Å². The molecule has 0 saturated carbocycles. The van der Waals surface area contributed by atoms with Crippen molar-refractivity contribution < 1.29 is 0 Å². The second kappa shape index (κ2) is 12.7. The summed E-state index contributed by atoms with van der Waals surface area (Å²) in [6, 6.07) is 63.6. The highest BCUT2D eigenvalue weighted by molar-refractivity contribution is 9.08. The van der Waals surface area contributed by atoms with Crippen molar-refractivity contribution in [2.45, 2.75) is 5.33 Å². The van der Waals surface area contributed by atoms with Crippen molar-refractivity contribution in [3.8, 4) is 66.8 Å². The predicted molar refractivity (Wildman–Crippen MR) is 192 cm³/mol. The summed E-state index contributed by atoms with van der Waals surface area (Å²) in [4.78, 5) is 0. The van der Waals surface area contributed by atoms with Gasteiger partial charge in [0.2, 0.25) is 0 Å². The molecular formula is C43H31Br. The third-order valence-electron chi connectivity index (χ3n) is 8.13. The average molecular weight is 628 g/mol. The summed E-state index contributed by atoms with van der Waals surface area (Å²) in [7, 11) is 0. The van der Waals surface area contributed by atoms with Gasteiger partial charge in [0.05, 0.1) is 0 Å². The lowest BCUT2D eigenvalue weighted by molar-refractivity contribution is 1.43. The number of benzene rings is 7. The summed E-state index contributed by atoms with van der Waals surface area (Å²) in [6.07, 6.45) is 0. The van der Waals surface area contributed by atoms with Crippen molar-refractivity contribution in [1.82, 2.24) is 0 Å². The molecule has 0 spiro atoms. The zero-order valence-electron chi connectivity index (χ0n) is 24.3. The molecule has 210 valence electrons. The SMILES string of the molecule is BrCc1cccc(-c2cc(-c3ccccc3)cc(-c3cccc(-c4cc(-c5ccccc5)cc(-c5ccccc5)c4)c3)c2)c1. The van der Waals surface area contributed by atoms with Crippen LogP contribution in [0.4, 0.5) is 0 Å². The van der Waals surface area contributed by atoms with Gasteiger partial charge in [0.1, 0.15) is 0 Å². The number of halogens is 1. The first-order valence-electron chi connectivity index (χ1n) is 15.0. The molecular weight excluding hydrogens is 596 g/mol. The average Bonchev–Trinajstić information content (AvgIpc) is 3.12. The maximum atomic E-state index is 3.64. The van der Waals surface area contributed by atoms with Gasteiger partial charge in [-0.3, -0.25) is 0 Å². The van der Waals surface area contributed by atoms with Crippen LogP contribution in [0.5, 0.6) is 0 Å². The van der Waals surface area contributed by atoms with Crippen molar-refractivity contribution in [1.29, 1.82) is 0 Å². The molecule has 0 N–H and O–H groups in total. The Hall–Kier alpha value is -4.98. The van der Waals surface area contributed by atoms with Crippen LogP contribution in [0.2, 0.25) is 0 Å². The molecule has 0 saturated heterocycles. The van der Waals surface area contributed by atoms with Gasteiger partial charge in [-0.2, -0.15) is 0 Å². The van der Waals surface area contributed by atoms with E-state index in [4.69, 9.17) is 0 Å². The van der Waals surface area contributed by atoms with Crippen LogP contribution < -0.4 is 0 Å². The van der Waals surface area contributed by atoms with E-state index in [1.54, 1.807) is 0 Å². The fourth-order valence-electron chi connectivity index (χ4n) is 5.86. The fraction of sp³-hybridized carbons (Fsp3) is 0.0233. The summed E-state index contributed by atoms with van der Waals surface area (Å²) < 4.78 is 0. The Morgan fingerprint density at radius 3 is 0.886 bits per heavy atom. The molecule has 7 rings (SSSR count). The number of hydrogen-bond donors (Lipinski definition) is 0. The summed E-state index contributed by atoms with van der Waals surface area (Å²) in [5, 5.41) is 0.834. The van der Waals surface area contributed by atoms with Crippen molar-refractivity contribution in [2.24, 2.45) is 0 Å². The van der Waals surface area contributed by atoms with Crippen LogP contribution in [0, 0.1) is 0 Å². The largest absolute Gasteiger partial charge is 0.0876 e. The highest BCUT2D eigenvalue weighted by Gasteiger charge is 2.11. The fourth-order valence-corrected chi connectivity index (χ4v) is 6.21. The van der Waals surface area contributed by atoms with Crippen molar-refractivity contribution in [3.05, 3.63) is 181 Å². The minimum absolute atomic E-state index is 0.834. The maximum Gasteiger partial charge on any atom is 0.0283 e. The zero-order valence-corrected chi connectivity index (χ0v) is 25.9. The van der Waals surface area contributed by atoms with Crippen LogP contribution in [-0.2, 0) is 5.33 Å². The minimum atomic E-state index is 0.834. The van der Waals surface area contributed by atoms with E-state index < -0.39 is 0 Å². The number of alkyl halides is 1. The molecule has 0 aliphatic heterocycles. The zero-order chi connectivity index (χ0) is 29.7. The Bertz CT molecular complexity index is 1970. The summed E-state index contributed by atoms with van der Waals surface area (Å²) in [5.41, 5.74) is 15.8. The summed E-state index contributed by atoms with van der Waals surface area (Å²) in [5.74, 6) is 0. The monoisotopic (exact) mass is 626 g/mol. The molecule has 0 fully saturated rings. The molecule has 1 heteroatoms. The highest BCUT2D eigenvalue weighted by atomic mass is 79.9. The second-order valence-corrected chi connectivity index (χ2v) is 11.7. The number of hydrogen-bond acceptors (Lipinski definition) is 0. The Balaban J connectivity index is 1.37. The first kappa shape index (κ1) is 27.8. The van der Waals surface area contributed by atoms with Gasteiger partial charge in [0.15, 0.2) is 0 Å². The maximum absolute atomic E-state index is 3.64. The van der Waals surface area contributed by atoms with Crippen LogP contribution >= 0.6 is 15.9 Å². The first-order valence-corrected chi connectivity index (χ1v) is 16.1. The van der Waals surface area contributed by atoms with E-state index in [2.05, 4.69) is 192 Å². The van der Waals surface area contributed by atoms with Crippen molar-refractivity contribution in [2.75, 3.05) is 0 Å². The lowest BCUT2D eigenvalue weighted by Crippen LogP contribution is -1.89. The van der Waals surface area contributed by atoms with Crippen LogP contribution in [0.25, 0.3) is 66.8 Å². The van der Waals surface area contributed by atoms with E-state index in [-0.39, 0.29) is 0 Å². The van der Waals surface area contributed by atoms with Gasteiger partial charge in [0.25, 0.3) is 0 Å². The smallest absolute Gasteiger partial charge is 0.0283 e. The van der Waals surface area contributed by atoms with Gasteiger partial charge >= 0.3 is 0 Å². The predicted octanol–water partition coefficient (Wildman–Crippen LogP) is 12.6. The lowest BCUT2D eigenvalue weighted by atomic mass is 9.90. The Morgan fingerprint density at radius 1 is 0.250 bits per heavy atom. The third-order valence-corrected chi connectivity index (χ3v) is 8.78. The molecule has 44 heavy (non-hydrogen) atoms. The third kappa shape index (κ3) is 6.06. The van der Waals surface area contributed by atoms with Gasteiger partial charge in [-0.1, -0.05) is 149 Å². The molecule has 0 heterocycles. The standard InChI is InChI=1S/C43H31Br/c44-30-31-12-10-19-35(22-31)41-25-40(34-17-8-3-9-18-34)28-43(29-41)37-21-11-20-36(23-37)42-26-38(32-13-4-1-5-14-32)24-39(27-42)33-15-6-2-7-16-33/h1-29H,30H2. The minimum Gasteiger partial charge on any atom is -0.0876 e. The van der Waals surface area contributed by atoms with Crippen molar-refractivity contribution in [3.63, 3.8) is 0 Å². The number of rotatable bonds is 7. The first-order chi connectivity index (χ1) is 21.7. The van der Waals surface area contributed by atoms with Gasteiger partial charge in [-0.05, 0) is 115 Å². The van der Waals surface area contributed by atoms with Crippen LogP contribution in [0.1, 0.15) is 5.56 Å². The molecule has 0 aromatic heterocycles. The van der Waals surface area contributed by atoms with E-state index in [9.17, 15) is 0 Å². The molecule has 0 nitrogen and oxygen atoms in total. The summed E-state index contributed by atoms with van der Waals surface area (Å²) >= 11 is 3.64. The van der Waals surface area contributed by atoms with Crippen LogP contribution in [0.3, 0.4) is 0 Å². The van der Waals surface area contributed by atoms with Gasteiger partial charge in [-0.15, -0.1) is 0 Å². The van der Waals surface area contributed by atoms with E-state index in [1.165, 1.54) is 72.3 Å². The molecule has 0 aliphatic rings. The van der Waals surface area contributed by atoms with E-state index in [0.29, 0.717) is 0 Å². The van der Waals surface area contributed by atoms with E-state index in [1.807, 2.05) is 0 Å². The van der Waals surface area contributed by atoms with Gasteiger partial charge < -0.3 is 0 Å². The Morgan fingerprint density at radius 2 is 0.523 bits per heavy atom. The van der Waals surface area contributed by atoms with E-state index >= 15 is 0 Å². The molecule has 0 amide bonds. The van der Waals surface area contributed by atoms with Gasteiger partial charge in [0, 0.05) is 5.33 Å². The molecule has 0 radical (unpaired) electrons. The normalized spacial score (nSPS) is 10.9. The molecule has 7 aromatic rings. The Kier molecular flexibility index (Phi) is 8.04. The lowest BCUT2D eigenvalue weighted by Gasteiger charge is -2.14. The molecule has 0 aliphatic carbocycles. The highest BCUT2D eigenvalue weighted by Crippen LogP contribution is 2.37. The topological polar surface area (TPSA) is 0 Å². The molecule has 7 aromatic carbocycles. The molecule has 0 atom stereocenters. The quantitative estimate of drug-likeness (QED) is 0.154. The van der Waals surface area contributed by atoms with Crippen LogP contribution in [-0.4, -0.2) is 0 Å².